The maximum absolute atomic E-state index is 11.7. The second-order valence-electron chi connectivity index (χ2n) is 5.75. The summed E-state index contributed by atoms with van der Waals surface area (Å²) in [6, 6.07) is 7.62. The molecule has 20 heavy (non-hydrogen) atoms. The summed E-state index contributed by atoms with van der Waals surface area (Å²) in [7, 11) is 0. The van der Waals surface area contributed by atoms with Crippen LogP contribution >= 0.6 is 11.3 Å². The van der Waals surface area contributed by atoms with Crippen molar-refractivity contribution in [2.24, 2.45) is 11.8 Å². The molecular weight excluding hydrogens is 272 g/mol. The van der Waals surface area contributed by atoms with Crippen LogP contribution in [0, 0.1) is 11.8 Å². The SMILES string of the molecule is O=C(O)C1C2CCCC2CN1c1nc2ccccc2s1. The molecule has 2 aromatic rings. The van der Waals surface area contributed by atoms with Gasteiger partial charge in [-0.1, -0.05) is 29.9 Å². The molecule has 1 aliphatic carbocycles. The summed E-state index contributed by atoms with van der Waals surface area (Å²) in [6.07, 6.45) is 3.38. The number of benzene rings is 1. The molecule has 4 nitrogen and oxygen atoms in total. The molecule has 5 heteroatoms. The van der Waals surface area contributed by atoms with Gasteiger partial charge in [0.2, 0.25) is 0 Å². The lowest BCUT2D eigenvalue weighted by Gasteiger charge is -2.23. The zero-order valence-corrected chi connectivity index (χ0v) is 11.8. The maximum Gasteiger partial charge on any atom is 0.326 e. The monoisotopic (exact) mass is 288 g/mol. The van der Waals surface area contributed by atoms with Crippen molar-refractivity contribution in [2.45, 2.75) is 25.3 Å². The zero-order valence-electron chi connectivity index (χ0n) is 11.0. The van der Waals surface area contributed by atoms with Crippen molar-refractivity contribution in [2.75, 3.05) is 11.4 Å². The Balaban J connectivity index is 1.74. The molecule has 0 spiro atoms. The molecule has 1 N–H and O–H groups in total. The van der Waals surface area contributed by atoms with Gasteiger partial charge in [-0.05, 0) is 36.8 Å². The number of carboxylic acid groups (broad SMARTS) is 1. The molecular formula is C15H16N2O2S. The van der Waals surface area contributed by atoms with Gasteiger partial charge in [-0.25, -0.2) is 9.78 Å². The molecule has 1 aromatic heterocycles. The van der Waals surface area contributed by atoms with E-state index in [9.17, 15) is 9.90 Å². The minimum atomic E-state index is -0.696. The van der Waals surface area contributed by atoms with Crippen molar-refractivity contribution in [1.82, 2.24) is 4.98 Å². The lowest BCUT2D eigenvalue weighted by molar-refractivity contribution is -0.139. The third kappa shape index (κ3) is 1.73. The molecule has 104 valence electrons. The molecule has 3 unspecified atom stereocenters. The van der Waals surface area contributed by atoms with Gasteiger partial charge in [-0.3, -0.25) is 0 Å². The Kier molecular flexibility index (Phi) is 2.70. The Morgan fingerprint density at radius 1 is 1.35 bits per heavy atom. The van der Waals surface area contributed by atoms with E-state index in [0.717, 1.165) is 34.7 Å². The summed E-state index contributed by atoms with van der Waals surface area (Å²) in [6.45, 7) is 0.849. The van der Waals surface area contributed by atoms with Gasteiger partial charge < -0.3 is 10.0 Å². The first-order valence-electron chi connectivity index (χ1n) is 7.09. The van der Waals surface area contributed by atoms with Crippen LogP contribution in [0.15, 0.2) is 24.3 Å². The van der Waals surface area contributed by atoms with E-state index < -0.39 is 5.97 Å². The van der Waals surface area contributed by atoms with Gasteiger partial charge in [0, 0.05) is 6.54 Å². The maximum atomic E-state index is 11.7. The van der Waals surface area contributed by atoms with Gasteiger partial charge >= 0.3 is 5.97 Å². The summed E-state index contributed by atoms with van der Waals surface area (Å²) < 4.78 is 1.13. The minimum Gasteiger partial charge on any atom is -0.480 e. The van der Waals surface area contributed by atoms with Crippen LogP contribution in [0.2, 0.25) is 0 Å². The third-order valence-electron chi connectivity index (χ3n) is 4.67. The van der Waals surface area contributed by atoms with E-state index in [-0.39, 0.29) is 6.04 Å². The van der Waals surface area contributed by atoms with Crippen LogP contribution < -0.4 is 4.90 Å². The average Bonchev–Trinajstić information content (AvgIpc) is 3.10. The molecule has 2 aliphatic rings. The predicted octanol–water partition coefficient (Wildman–Crippen LogP) is 2.99. The highest BCUT2D eigenvalue weighted by atomic mass is 32.1. The molecule has 3 atom stereocenters. The van der Waals surface area contributed by atoms with E-state index in [0.29, 0.717) is 11.8 Å². The fraction of sp³-hybridized carbons (Fsp3) is 0.467. The first-order valence-corrected chi connectivity index (χ1v) is 7.91. The summed E-state index contributed by atoms with van der Waals surface area (Å²) in [4.78, 5) is 18.3. The number of anilines is 1. The highest BCUT2D eigenvalue weighted by Gasteiger charge is 2.48. The molecule has 0 bridgehead atoms. The van der Waals surface area contributed by atoms with Crippen LogP contribution in [0.25, 0.3) is 10.2 Å². The van der Waals surface area contributed by atoms with Crippen LogP contribution in [0.5, 0.6) is 0 Å². The normalized spacial score (nSPS) is 29.0. The second kappa shape index (κ2) is 4.45. The molecule has 0 amide bonds. The number of carbonyl (C=O) groups is 1. The largest absolute Gasteiger partial charge is 0.480 e. The van der Waals surface area contributed by atoms with E-state index in [1.54, 1.807) is 11.3 Å². The number of rotatable bonds is 2. The van der Waals surface area contributed by atoms with Crippen molar-refractivity contribution in [3.63, 3.8) is 0 Å². The van der Waals surface area contributed by atoms with E-state index in [2.05, 4.69) is 4.98 Å². The Morgan fingerprint density at radius 2 is 2.20 bits per heavy atom. The highest BCUT2D eigenvalue weighted by Crippen LogP contribution is 2.45. The van der Waals surface area contributed by atoms with Crippen molar-refractivity contribution in [3.05, 3.63) is 24.3 Å². The first-order chi connectivity index (χ1) is 9.74. The Labute approximate surface area is 121 Å². The number of aliphatic carboxylic acids is 1. The Hall–Kier alpha value is -1.62. The number of fused-ring (bicyclic) bond motifs is 2. The number of nitrogens with zero attached hydrogens (tertiary/aromatic N) is 2. The average molecular weight is 288 g/mol. The number of aromatic nitrogens is 1. The van der Waals surface area contributed by atoms with Crippen LogP contribution in [-0.4, -0.2) is 28.6 Å². The topological polar surface area (TPSA) is 53.4 Å². The number of thiazole rings is 1. The molecule has 2 heterocycles. The molecule has 1 aromatic carbocycles. The van der Waals surface area contributed by atoms with Crippen LogP contribution in [0.1, 0.15) is 19.3 Å². The molecule has 2 fully saturated rings. The number of carboxylic acids is 1. The Bertz CT molecular complexity index is 636. The number of para-hydroxylation sites is 1. The number of hydrogen-bond acceptors (Lipinski definition) is 4. The van der Waals surface area contributed by atoms with Gasteiger partial charge in [0.25, 0.3) is 0 Å². The van der Waals surface area contributed by atoms with Gasteiger partial charge in [-0.15, -0.1) is 0 Å². The quantitative estimate of drug-likeness (QED) is 0.923. The fourth-order valence-electron chi connectivity index (χ4n) is 3.80. The van der Waals surface area contributed by atoms with E-state index in [1.807, 2.05) is 29.2 Å². The predicted molar refractivity (Wildman–Crippen MR) is 79.2 cm³/mol. The summed E-state index contributed by atoms with van der Waals surface area (Å²) >= 11 is 1.61. The van der Waals surface area contributed by atoms with Gasteiger partial charge in [0.1, 0.15) is 6.04 Å². The van der Waals surface area contributed by atoms with E-state index >= 15 is 0 Å². The van der Waals surface area contributed by atoms with Crippen molar-refractivity contribution >= 4 is 32.7 Å². The Morgan fingerprint density at radius 3 is 3.00 bits per heavy atom. The van der Waals surface area contributed by atoms with Crippen molar-refractivity contribution in [1.29, 1.82) is 0 Å². The third-order valence-corrected chi connectivity index (χ3v) is 5.75. The van der Waals surface area contributed by atoms with Gasteiger partial charge in [0.15, 0.2) is 5.13 Å². The summed E-state index contributed by atoms with van der Waals surface area (Å²) in [5.41, 5.74) is 0.966. The van der Waals surface area contributed by atoms with Gasteiger partial charge in [0.05, 0.1) is 10.2 Å². The summed E-state index contributed by atoms with van der Waals surface area (Å²) in [5, 5.41) is 10.5. The lowest BCUT2D eigenvalue weighted by atomic mass is 9.94. The van der Waals surface area contributed by atoms with E-state index in [4.69, 9.17) is 0 Å². The van der Waals surface area contributed by atoms with Crippen LogP contribution in [0.4, 0.5) is 5.13 Å². The molecule has 1 saturated heterocycles. The molecule has 0 radical (unpaired) electrons. The minimum absolute atomic E-state index is 0.305. The van der Waals surface area contributed by atoms with Crippen molar-refractivity contribution in [3.8, 4) is 0 Å². The smallest absolute Gasteiger partial charge is 0.326 e. The molecule has 4 rings (SSSR count). The standard InChI is InChI=1S/C15H16N2O2S/c18-14(19)13-10-5-3-4-9(10)8-17(13)15-16-11-6-1-2-7-12(11)20-15/h1-2,6-7,9-10,13H,3-5,8H2,(H,18,19). The first kappa shape index (κ1) is 12.1. The van der Waals surface area contributed by atoms with Crippen LogP contribution in [0.3, 0.4) is 0 Å². The highest BCUT2D eigenvalue weighted by molar-refractivity contribution is 7.22. The fourth-order valence-corrected chi connectivity index (χ4v) is 4.81. The summed E-state index contributed by atoms with van der Waals surface area (Å²) in [5.74, 6) is 0.140. The zero-order chi connectivity index (χ0) is 13.7. The number of hydrogen-bond donors (Lipinski definition) is 1. The van der Waals surface area contributed by atoms with E-state index in [1.165, 1.54) is 6.42 Å². The van der Waals surface area contributed by atoms with Gasteiger partial charge in [-0.2, -0.15) is 0 Å². The molecule has 1 aliphatic heterocycles. The van der Waals surface area contributed by atoms with Crippen LogP contribution in [-0.2, 0) is 4.79 Å². The molecule has 1 saturated carbocycles. The second-order valence-corrected chi connectivity index (χ2v) is 6.76. The lowest BCUT2D eigenvalue weighted by Crippen LogP contribution is -2.39. The van der Waals surface area contributed by atoms with Crippen molar-refractivity contribution < 1.29 is 9.90 Å².